The topological polar surface area (TPSA) is 81.2 Å². The molecule has 2 heterocycles. The number of nitrogens with one attached hydrogen (secondary N) is 1. The SMILES string of the molecule is NC(=O)C1CCC(Nc2nccc3occc23)CC1. The van der Waals surface area contributed by atoms with Gasteiger partial charge in [0.05, 0.1) is 11.6 Å². The van der Waals surface area contributed by atoms with Crippen molar-refractivity contribution < 1.29 is 9.21 Å². The molecule has 2 aromatic heterocycles. The number of furan rings is 1. The lowest BCUT2D eigenvalue weighted by molar-refractivity contribution is -0.122. The van der Waals surface area contributed by atoms with Gasteiger partial charge in [-0.15, -0.1) is 0 Å². The number of fused-ring (bicyclic) bond motifs is 1. The fraction of sp³-hybridized carbons (Fsp3) is 0.429. The van der Waals surface area contributed by atoms with Crippen LogP contribution in [-0.2, 0) is 4.79 Å². The number of nitrogens with zero attached hydrogens (tertiary/aromatic N) is 1. The summed E-state index contributed by atoms with van der Waals surface area (Å²) in [5.41, 5.74) is 6.18. The molecular weight excluding hydrogens is 242 g/mol. The van der Waals surface area contributed by atoms with Gasteiger partial charge in [-0.25, -0.2) is 4.98 Å². The van der Waals surface area contributed by atoms with E-state index in [4.69, 9.17) is 10.2 Å². The molecule has 1 aliphatic rings. The molecule has 1 amide bonds. The molecule has 100 valence electrons. The maximum absolute atomic E-state index is 11.1. The lowest BCUT2D eigenvalue weighted by Gasteiger charge is -2.27. The van der Waals surface area contributed by atoms with Gasteiger partial charge in [0.25, 0.3) is 0 Å². The van der Waals surface area contributed by atoms with Crippen LogP contribution in [0.1, 0.15) is 25.7 Å². The number of carbonyl (C=O) groups excluding carboxylic acids is 1. The highest BCUT2D eigenvalue weighted by atomic mass is 16.3. The molecule has 0 unspecified atom stereocenters. The summed E-state index contributed by atoms with van der Waals surface area (Å²) in [6.45, 7) is 0. The van der Waals surface area contributed by atoms with E-state index in [-0.39, 0.29) is 11.8 Å². The predicted octanol–water partition coefficient (Wildman–Crippen LogP) is 2.28. The standard InChI is InChI=1S/C14H17N3O2/c15-13(18)9-1-3-10(4-2-9)17-14-11-6-8-19-12(11)5-7-16-14/h5-10H,1-4H2,(H2,15,18)(H,16,17). The first kappa shape index (κ1) is 12.0. The normalized spacial score (nSPS) is 23.4. The summed E-state index contributed by atoms with van der Waals surface area (Å²) in [6.07, 6.45) is 7.01. The molecule has 0 aliphatic heterocycles. The van der Waals surface area contributed by atoms with Crippen molar-refractivity contribution in [1.29, 1.82) is 0 Å². The van der Waals surface area contributed by atoms with Crippen molar-refractivity contribution >= 4 is 22.7 Å². The number of hydrogen-bond acceptors (Lipinski definition) is 4. The van der Waals surface area contributed by atoms with Crippen LogP contribution in [-0.4, -0.2) is 16.9 Å². The van der Waals surface area contributed by atoms with Crippen LogP contribution in [0.3, 0.4) is 0 Å². The van der Waals surface area contributed by atoms with Crippen LogP contribution in [0.5, 0.6) is 0 Å². The number of carbonyl (C=O) groups is 1. The van der Waals surface area contributed by atoms with Gasteiger partial charge in [-0.2, -0.15) is 0 Å². The molecular formula is C14H17N3O2. The van der Waals surface area contributed by atoms with Crippen molar-refractivity contribution in [2.45, 2.75) is 31.7 Å². The summed E-state index contributed by atoms with van der Waals surface area (Å²) in [4.78, 5) is 15.5. The number of rotatable bonds is 3. The molecule has 0 bridgehead atoms. The third-order valence-corrected chi connectivity index (χ3v) is 3.85. The molecule has 0 saturated heterocycles. The minimum absolute atomic E-state index is 0.0377. The van der Waals surface area contributed by atoms with E-state index in [0.717, 1.165) is 42.5 Å². The minimum atomic E-state index is -0.173. The summed E-state index contributed by atoms with van der Waals surface area (Å²) < 4.78 is 5.36. The maximum atomic E-state index is 11.1. The lowest BCUT2D eigenvalue weighted by atomic mass is 9.85. The third kappa shape index (κ3) is 2.41. The number of aromatic nitrogens is 1. The zero-order valence-corrected chi connectivity index (χ0v) is 10.6. The number of anilines is 1. The number of primary amides is 1. The van der Waals surface area contributed by atoms with Crippen molar-refractivity contribution in [3.8, 4) is 0 Å². The van der Waals surface area contributed by atoms with Gasteiger partial charge in [-0.3, -0.25) is 4.79 Å². The van der Waals surface area contributed by atoms with Gasteiger partial charge in [-0.1, -0.05) is 0 Å². The molecule has 3 rings (SSSR count). The molecule has 0 radical (unpaired) electrons. The smallest absolute Gasteiger partial charge is 0.220 e. The van der Waals surface area contributed by atoms with E-state index in [2.05, 4.69) is 10.3 Å². The zero-order valence-electron chi connectivity index (χ0n) is 10.6. The van der Waals surface area contributed by atoms with E-state index in [9.17, 15) is 4.79 Å². The van der Waals surface area contributed by atoms with E-state index in [0.29, 0.717) is 6.04 Å². The number of hydrogen-bond donors (Lipinski definition) is 2. The average molecular weight is 259 g/mol. The Morgan fingerprint density at radius 3 is 2.84 bits per heavy atom. The lowest BCUT2D eigenvalue weighted by Crippen LogP contribution is -2.32. The van der Waals surface area contributed by atoms with Crippen LogP contribution in [0, 0.1) is 5.92 Å². The van der Waals surface area contributed by atoms with Gasteiger partial charge >= 0.3 is 0 Å². The Bertz CT molecular complexity index is 585. The minimum Gasteiger partial charge on any atom is -0.464 e. The molecule has 1 fully saturated rings. The van der Waals surface area contributed by atoms with Crippen molar-refractivity contribution in [3.63, 3.8) is 0 Å². The Balaban J connectivity index is 1.69. The monoisotopic (exact) mass is 259 g/mol. The Labute approximate surface area is 111 Å². The Morgan fingerprint density at radius 2 is 2.11 bits per heavy atom. The van der Waals surface area contributed by atoms with E-state index >= 15 is 0 Å². The van der Waals surface area contributed by atoms with Gasteiger partial charge in [0.1, 0.15) is 11.4 Å². The van der Waals surface area contributed by atoms with Crippen LogP contribution in [0.2, 0.25) is 0 Å². The molecule has 5 heteroatoms. The fourth-order valence-electron chi connectivity index (χ4n) is 2.73. The predicted molar refractivity (Wildman–Crippen MR) is 72.6 cm³/mol. The van der Waals surface area contributed by atoms with Crippen LogP contribution in [0.25, 0.3) is 11.0 Å². The molecule has 19 heavy (non-hydrogen) atoms. The van der Waals surface area contributed by atoms with E-state index in [1.807, 2.05) is 12.1 Å². The molecule has 0 atom stereocenters. The van der Waals surface area contributed by atoms with Crippen LogP contribution in [0.15, 0.2) is 29.0 Å². The second-order valence-electron chi connectivity index (χ2n) is 5.09. The van der Waals surface area contributed by atoms with Crippen LogP contribution < -0.4 is 11.1 Å². The highest BCUT2D eigenvalue weighted by molar-refractivity contribution is 5.88. The van der Waals surface area contributed by atoms with Gasteiger partial charge in [0.15, 0.2) is 0 Å². The van der Waals surface area contributed by atoms with Crippen molar-refractivity contribution in [2.75, 3.05) is 5.32 Å². The van der Waals surface area contributed by atoms with E-state index in [1.54, 1.807) is 12.5 Å². The highest BCUT2D eigenvalue weighted by Gasteiger charge is 2.25. The fourth-order valence-corrected chi connectivity index (χ4v) is 2.73. The second kappa shape index (κ2) is 4.91. The van der Waals surface area contributed by atoms with Crippen molar-refractivity contribution in [2.24, 2.45) is 11.7 Å². The number of nitrogens with two attached hydrogens (primary N) is 1. The number of pyridine rings is 1. The largest absolute Gasteiger partial charge is 0.464 e. The molecule has 2 aromatic rings. The summed E-state index contributed by atoms with van der Waals surface area (Å²) in [5.74, 6) is 0.720. The molecule has 3 N–H and O–H groups in total. The summed E-state index contributed by atoms with van der Waals surface area (Å²) >= 11 is 0. The highest BCUT2D eigenvalue weighted by Crippen LogP contribution is 2.28. The van der Waals surface area contributed by atoms with Crippen LogP contribution >= 0.6 is 0 Å². The van der Waals surface area contributed by atoms with Gasteiger partial charge in [0.2, 0.25) is 5.91 Å². The van der Waals surface area contributed by atoms with Gasteiger partial charge in [-0.05, 0) is 37.8 Å². The molecule has 1 saturated carbocycles. The van der Waals surface area contributed by atoms with Gasteiger partial charge < -0.3 is 15.5 Å². The molecule has 0 aromatic carbocycles. The first-order valence-electron chi connectivity index (χ1n) is 6.62. The summed E-state index contributed by atoms with van der Waals surface area (Å²) in [6, 6.07) is 4.12. The average Bonchev–Trinajstić information content (AvgIpc) is 2.89. The van der Waals surface area contributed by atoms with Crippen LogP contribution in [0.4, 0.5) is 5.82 Å². The number of amides is 1. The Morgan fingerprint density at radius 1 is 1.32 bits per heavy atom. The van der Waals surface area contributed by atoms with Gasteiger partial charge in [0, 0.05) is 18.2 Å². The zero-order chi connectivity index (χ0) is 13.2. The Kier molecular flexibility index (Phi) is 3.11. The second-order valence-corrected chi connectivity index (χ2v) is 5.09. The summed E-state index contributed by atoms with van der Waals surface area (Å²) in [5, 5.41) is 4.45. The maximum Gasteiger partial charge on any atom is 0.220 e. The summed E-state index contributed by atoms with van der Waals surface area (Å²) in [7, 11) is 0. The first-order chi connectivity index (χ1) is 9.24. The third-order valence-electron chi connectivity index (χ3n) is 3.85. The van der Waals surface area contributed by atoms with E-state index < -0.39 is 0 Å². The molecule has 1 aliphatic carbocycles. The molecule has 5 nitrogen and oxygen atoms in total. The van der Waals surface area contributed by atoms with E-state index in [1.165, 1.54) is 0 Å². The Hall–Kier alpha value is -2.04. The van der Waals surface area contributed by atoms with Crippen molar-refractivity contribution in [3.05, 3.63) is 24.6 Å². The van der Waals surface area contributed by atoms with Crippen molar-refractivity contribution in [1.82, 2.24) is 4.98 Å². The molecule has 0 spiro atoms. The quantitative estimate of drug-likeness (QED) is 0.886. The first-order valence-corrected chi connectivity index (χ1v) is 6.62.